The molecule has 1 saturated heterocycles. The maximum absolute atomic E-state index is 10.9. The van der Waals surface area contributed by atoms with Crippen LogP contribution in [0, 0.1) is 16.0 Å². The van der Waals surface area contributed by atoms with E-state index in [9.17, 15) is 10.1 Å². The van der Waals surface area contributed by atoms with E-state index >= 15 is 0 Å². The predicted molar refractivity (Wildman–Crippen MR) is 73.0 cm³/mol. The van der Waals surface area contributed by atoms with E-state index in [4.69, 9.17) is 5.73 Å². The molecule has 2 fully saturated rings. The van der Waals surface area contributed by atoms with Crippen LogP contribution in [0.1, 0.15) is 32.1 Å². The van der Waals surface area contributed by atoms with Crippen LogP contribution in [0.2, 0.25) is 0 Å². The molecule has 2 N–H and O–H groups in total. The Balaban J connectivity index is 1.94. The lowest BCUT2D eigenvalue weighted by Crippen LogP contribution is -2.43. The summed E-state index contributed by atoms with van der Waals surface area (Å²) < 4.78 is 0. The van der Waals surface area contributed by atoms with Gasteiger partial charge < -0.3 is 10.6 Å². The topological polar surface area (TPSA) is 85.3 Å². The quantitative estimate of drug-likeness (QED) is 0.653. The summed E-state index contributed by atoms with van der Waals surface area (Å²) in [5, 5.41) is 10.9. The molecule has 1 aromatic heterocycles. The van der Waals surface area contributed by atoms with E-state index in [1.165, 1.54) is 25.3 Å². The van der Waals surface area contributed by atoms with E-state index in [-0.39, 0.29) is 11.5 Å². The molecule has 19 heavy (non-hydrogen) atoms. The van der Waals surface area contributed by atoms with Gasteiger partial charge in [0.1, 0.15) is 11.6 Å². The third-order valence-electron chi connectivity index (χ3n) is 4.31. The standard InChI is InChI=1S/C13H18N4O2/c14-12-7-10(17(18)19)8-13(15-12)16-6-2-4-9-3-1-5-11(9)16/h7-9,11H,1-6H2,(H2,14,15). The smallest absolute Gasteiger partial charge is 0.276 e. The molecule has 102 valence electrons. The van der Waals surface area contributed by atoms with Crippen molar-refractivity contribution in [1.82, 2.24) is 4.98 Å². The Morgan fingerprint density at radius 1 is 1.32 bits per heavy atom. The van der Waals surface area contributed by atoms with Crippen molar-refractivity contribution in [2.75, 3.05) is 17.2 Å². The van der Waals surface area contributed by atoms with Crippen molar-refractivity contribution >= 4 is 17.3 Å². The number of nitro groups is 1. The molecule has 1 aliphatic heterocycles. The number of pyridine rings is 1. The third-order valence-corrected chi connectivity index (χ3v) is 4.31. The molecule has 0 spiro atoms. The van der Waals surface area contributed by atoms with Crippen molar-refractivity contribution in [3.63, 3.8) is 0 Å². The molecular weight excluding hydrogens is 244 g/mol. The predicted octanol–water partition coefficient (Wildman–Crippen LogP) is 2.34. The molecule has 0 radical (unpaired) electrons. The van der Waals surface area contributed by atoms with Gasteiger partial charge in [-0.1, -0.05) is 6.42 Å². The molecule has 6 heteroatoms. The van der Waals surface area contributed by atoms with Gasteiger partial charge >= 0.3 is 0 Å². The Morgan fingerprint density at radius 2 is 2.11 bits per heavy atom. The van der Waals surface area contributed by atoms with E-state index in [1.807, 2.05) is 0 Å². The Kier molecular flexibility index (Phi) is 3.00. The zero-order valence-electron chi connectivity index (χ0n) is 10.8. The first-order valence-corrected chi connectivity index (χ1v) is 6.84. The van der Waals surface area contributed by atoms with Crippen molar-refractivity contribution < 1.29 is 4.92 Å². The van der Waals surface area contributed by atoms with Gasteiger partial charge in [0.05, 0.1) is 17.1 Å². The molecular formula is C13H18N4O2. The summed E-state index contributed by atoms with van der Waals surface area (Å²) in [5.74, 6) is 1.61. The Labute approximate surface area is 111 Å². The van der Waals surface area contributed by atoms with Crippen molar-refractivity contribution in [3.05, 3.63) is 22.2 Å². The normalized spacial score (nSPS) is 26.2. The summed E-state index contributed by atoms with van der Waals surface area (Å²) in [6.45, 7) is 0.925. The van der Waals surface area contributed by atoms with Crippen molar-refractivity contribution in [3.8, 4) is 0 Å². The van der Waals surface area contributed by atoms with Gasteiger partial charge in [0.25, 0.3) is 5.69 Å². The maximum Gasteiger partial charge on any atom is 0.276 e. The fraction of sp³-hybridized carbons (Fsp3) is 0.615. The highest BCUT2D eigenvalue weighted by atomic mass is 16.6. The van der Waals surface area contributed by atoms with Crippen LogP contribution in [0.3, 0.4) is 0 Å². The number of anilines is 2. The Bertz CT molecular complexity index is 505. The monoisotopic (exact) mass is 262 g/mol. The van der Waals surface area contributed by atoms with Crippen LogP contribution in [0.25, 0.3) is 0 Å². The number of aromatic nitrogens is 1. The second kappa shape index (κ2) is 4.68. The Morgan fingerprint density at radius 3 is 2.89 bits per heavy atom. The number of hydrogen-bond acceptors (Lipinski definition) is 5. The van der Waals surface area contributed by atoms with E-state index in [1.54, 1.807) is 6.07 Å². The highest BCUT2D eigenvalue weighted by Gasteiger charge is 2.36. The summed E-state index contributed by atoms with van der Waals surface area (Å²) in [7, 11) is 0. The summed E-state index contributed by atoms with van der Waals surface area (Å²) in [6.07, 6.45) is 6.08. The molecule has 0 amide bonds. The molecule has 2 unspecified atom stereocenters. The van der Waals surface area contributed by atoms with Crippen LogP contribution in [0.5, 0.6) is 0 Å². The molecule has 2 atom stereocenters. The number of fused-ring (bicyclic) bond motifs is 1. The van der Waals surface area contributed by atoms with Gasteiger partial charge in [0.15, 0.2) is 0 Å². The Hall–Kier alpha value is -1.85. The number of rotatable bonds is 2. The van der Waals surface area contributed by atoms with Crippen molar-refractivity contribution in [2.45, 2.75) is 38.1 Å². The van der Waals surface area contributed by atoms with Crippen LogP contribution in [0.15, 0.2) is 12.1 Å². The first kappa shape index (κ1) is 12.2. The number of piperidine rings is 1. The minimum absolute atomic E-state index is 0.0302. The van der Waals surface area contributed by atoms with Crippen molar-refractivity contribution in [1.29, 1.82) is 0 Å². The zero-order valence-corrected chi connectivity index (χ0v) is 10.8. The molecule has 1 aliphatic carbocycles. The molecule has 1 aromatic rings. The fourth-order valence-corrected chi connectivity index (χ4v) is 3.51. The SMILES string of the molecule is Nc1cc([N+](=O)[O-])cc(N2CCCC3CCCC32)n1. The van der Waals surface area contributed by atoms with Gasteiger partial charge in [-0.2, -0.15) is 0 Å². The third kappa shape index (κ3) is 2.22. The summed E-state index contributed by atoms with van der Waals surface area (Å²) >= 11 is 0. The highest BCUT2D eigenvalue weighted by molar-refractivity contribution is 5.55. The molecule has 0 bridgehead atoms. The molecule has 6 nitrogen and oxygen atoms in total. The maximum atomic E-state index is 10.9. The average molecular weight is 262 g/mol. The van der Waals surface area contributed by atoms with Crippen LogP contribution < -0.4 is 10.6 Å². The molecule has 3 rings (SSSR count). The first-order chi connectivity index (χ1) is 9.15. The molecule has 0 aromatic carbocycles. The van der Waals surface area contributed by atoms with Gasteiger partial charge in [-0.15, -0.1) is 0 Å². The summed E-state index contributed by atoms with van der Waals surface area (Å²) in [4.78, 5) is 17.0. The molecule has 2 heterocycles. The molecule has 1 saturated carbocycles. The van der Waals surface area contributed by atoms with E-state index < -0.39 is 4.92 Å². The number of nitrogens with zero attached hydrogens (tertiary/aromatic N) is 3. The number of hydrogen-bond donors (Lipinski definition) is 1. The van der Waals surface area contributed by atoms with Gasteiger partial charge in [0.2, 0.25) is 0 Å². The molecule has 2 aliphatic rings. The lowest BCUT2D eigenvalue weighted by Gasteiger charge is -2.38. The van der Waals surface area contributed by atoms with Crippen LogP contribution >= 0.6 is 0 Å². The zero-order chi connectivity index (χ0) is 13.4. The highest BCUT2D eigenvalue weighted by Crippen LogP contribution is 2.39. The van der Waals surface area contributed by atoms with Gasteiger partial charge in [0, 0.05) is 12.6 Å². The fourth-order valence-electron chi connectivity index (χ4n) is 3.51. The van der Waals surface area contributed by atoms with E-state index in [0.717, 1.165) is 25.3 Å². The van der Waals surface area contributed by atoms with Crippen LogP contribution in [-0.2, 0) is 0 Å². The average Bonchev–Trinajstić information content (AvgIpc) is 2.85. The second-order valence-electron chi connectivity index (χ2n) is 5.46. The minimum atomic E-state index is -0.405. The first-order valence-electron chi connectivity index (χ1n) is 6.84. The van der Waals surface area contributed by atoms with Gasteiger partial charge in [-0.25, -0.2) is 4.98 Å². The number of nitrogen functional groups attached to an aromatic ring is 1. The van der Waals surface area contributed by atoms with E-state index in [2.05, 4.69) is 9.88 Å². The van der Waals surface area contributed by atoms with Crippen LogP contribution in [-0.4, -0.2) is 22.5 Å². The minimum Gasteiger partial charge on any atom is -0.383 e. The van der Waals surface area contributed by atoms with Gasteiger partial charge in [-0.05, 0) is 31.6 Å². The lowest BCUT2D eigenvalue weighted by molar-refractivity contribution is -0.384. The summed E-state index contributed by atoms with van der Waals surface area (Å²) in [6, 6.07) is 3.36. The van der Waals surface area contributed by atoms with E-state index in [0.29, 0.717) is 11.9 Å². The lowest BCUT2D eigenvalue weighted by atomic mass is 9.92. The largest absolute Gasteiger partial charge is 0.383 e. The second-order valence-corrected chi connectivity index (χ2v) is 5.46. The summed E-state index contributed by atoms with van der Waals surface area (Å²) in [5.41, 5.74) is 5.73. The number of nitrogens with two attached hydrogens (primary N) is 1. The van der Waals surface area contributed by atoms with Crippen molar-refractivity contribution in [2.24, 2.45) is 5.92 Å². The van der Waals surface area contributed by atoms with Crippen LogP contribution in [0.4, 0.5) is 17.3 Å². The van der Waals surface area contributed by atoms with Gasteiger partial charge in [-0.3, -0.25) is 10.1 Å².